The standard InChI is InChI=1S/C11H16N2O2S/c1-9(2)7-13-16(14,15)8-10-5-3-4-6-11(10)12/h3-6,13H,1,7-8,12H2,2H3. The van der Waals surface area contributed by atoms with Crippen molar-refractivity contribution in [3.63, 3.8) is 0 Å². The highest BCUT2D eigenvalue weighted by Gasteiger charge is 2.12. The van der Waals surface area contributed by atoms with Gasteiger partial charge in [-0.2, -0.15) is 0 Å². The number of nitrogens with one attached hydrogen (secondary N) is 1. The maximum Gasteiger partial charge on any atom is 0.216 e. The highest BCUT2D eigenvalue weighted by Crippen LogP contribution is 2.13. The van der Waals surface area contributed by atoms with Gasteiger partial charge in [0.1, 0.15) is 0 Å². The van der Waals surface area contributed by atoms with E-state index in [2.05, 4.69) is 11.3 Å². The lowest BCUT2D eigenvalue weighted by atomic mass is 10.2. The van der Waals surface area contributed by atoms with Crippen LogP contribution in [0, 0.1) is 0 Å². The van der Waals surface area contributed by atoms with E-state index in [1.807, 2.05) is 0 Å². The molecule has 0 saturated heterocycles. The molecule has 88 valence electrons. The van der Waals surface area contributed by atoms with Crippen molar-refractivity contribution in [2.45, 2.75) is 12.7 Å². The SMILES string of the molecule is C=C(C)CNS(=O)(=O)Cc1ccccc1N. The molecule has 0 bridgehead atoms. The van der Waals surface area contributed by atoms with E-state index in [4.69, 9.17) is 5.73 Å². The number of hydrogen-bond acceptors (Lipinski definition) is 3. The molecule has 1 aromatic carbocycles. The minimum absolute atomic E-state index is 0.104. The number of benzene rings is 1. The summed E-state index contributed by atoms with van der Waals surface area (Å²) in [5, 5.41) is 0. The third kappa shape index (κ3) is 4.04. The largest absolute Gasteiger partial charge is 0.398 e. The highest BCUT2D eigenvalue weighted by atomic mass is 32.2. The van der Waals surface area contributed by atoms with Crippen molar-refractivity contribution < 1.29 is 8.42 Å². The summed E-state index contributed by atoms with van der Waals surface area (Å²) >= 11 is 0. The first-order valence-electron chi connectivity index (χ1n) is 4.86. The fourth-order valence-corrected chi connectivity index (χ4v) is 2.40. The van der Waals surface area contributed by atoms with E-state index >= 15 is 0 Å². The van der Waals surface area contributed by atoms with Crippen molar-refractivity contribution in [3.05, 3.63) is 42.0 Å². The Labute approximate surface area is 96.2 Å². The van der Waals surface area contributed by atoms with E-state index in [1.54, 1.807) is 31.2 Å². The lowest BCUT2D eigenvalue weighted by Gasteiger charge is -2.08. The Balaban J connectivity index is 2.73. The Morgan fingerprint density at radius 2 is 2.06 bits per heavy atom. The third-order valence-electron chi connectivity index (χ3n) is 1.99. The lowest BCUT2D eigenvalue weighted by Crippen LogP contribution is -2.26. The second-order valence-corrected chi connectivity index (χ2v) is 5.54. The van der Waals surface area contributed by atoms with Crippen LogP contribution in [0.3, 0.4) is 0 Å². The fraction of sp³-hybridized carbons (Fsp3) is 0.273. The van der Waals surface area contributed by atoms with Crippen LogP contribution < -0.4 is 10.5 Å². The van der Waals surface area contributed by atoms with Crippen LogP contribution in [0.25, 0.3) is 0 Å². The van der Waals surface area contributed by atoms with E-state index < -0.39 is 10.0 Å². The van der Waals surface area contributed by atoms with Crippen LogP contribution in [-0.2, 0) is 15.8 Å². The quantitative estimate of drug-likeness (QED) is 0.601. The average Bonchev–Trinajstić information content (AvgIpc) is 2.19. The molecule has 1 rings (SSSR count). The molecule has 0 aliphatic heterocycles. The summed E-state index contributed by atoms with van der Waals surface area (Å²) in [6, 6.07) is 6.92. The second-order valence-electron chi connectivity index (χ2n) is 3.74. The first kappa shape index (κ1) is 12.7. The van der Waals surface area contributed by atoms with Gasteiger partial charge in [0, 0.05) is 12.2 Å². The Kier molecular flexibility index (Phi) is 4.09. The predicted octanol–water partition coefficient (Wildman–Crippen LogP) is 1.26. The third-order valence-corrected chi connectivity index (χ3v) is 3.27. The second kappa shape index (κ2) is 5.14. The minimum Gasteiger partial charge on any atom is -0.398 e. The van der Waals surface area contributed by atoms with Crippen molar-refractivity contribution in [1.82, 2.24) is 4.72 Å². The summed E-state index contributed by atoms with van der Waals surface area (Å²) in [7, 11) is -3.34. The molecule has 0 aromatic heterocycles. The van der Waals surface area contributed by atoms with Gasteiger partial charge in [-0.25, -0.2) is 13.1 Å². The van der Waals surface area contributed by atoms with E-state index in [1.165, 1.54) is 0 Å². The van der Waals surface area contributed by atoms with Gasteiger partial charge in [0.25, 0.3) is 0 Å². The Bertz CT molecular complexity index is 481. The molecule has 0 heterocycles. The molecule has 3 N–H and O–H groups in total. The van der Waals surface area contributed by atoms with Gasteiger partial charge < -0.3 is 5.73 Å². The molecule has 0 unspecified atom stereocenters. The van der Waals surface area contributed by atoms with Crippen LogP contribution in [0.5, 0.6) is 0 Å². The number of nitrogen functional groups attached to an aromatic ring is 1. The average molecular weight is 240 g/mol. The molecule has 0 radical (unpaired) electrons. The van der Waals surface area contributed by atoms with Crippen molar-refractivity contribution >= 4 is 15.7 Å². The molecule has 0 amide bonds. The van der Waals surface area contributed by atoms with Crippen LogP contribution in [-0.4, -0.2) is 15.0 Å². The summed E-state index contributed by atoms with van der Waals surface area (Å²) in [6.07, 6.45) is 0. The first-order valence-corrected chi connectivity index (χ1v) is 6.51. The summed E-state index contributed by atoms with van der Waals surface area (Å²) < 4.78 is 25.7. The van der Waals surface area contributed by atoms with Gasteiger partial charge in [0.2, 0.25) is 10.0 Å². The molecule has 0 aliphatic rings. The number of sulfonamides is 1. The van der Waals surface area contributed by atoms with E-state index in [0.717, 1.165) is 5.57 Å². The molecule has 5 heteroatoms. The number of nitrogens with two attached hydrogens (primary N) is 1. The van der Waals surface area contributed by atoms with Gasteiger partial charge >= 0.3 is 0 Å². The van der Waals surface area contributed by atoms with E-state index in [9.17, 15) is 8.42 Å². The van der Waals surface area contributed by atoms with E-state index in [0.29, 0.717) is 11.3 Å². The molecule has 0 atom stereocenters. The molecule has 4 nitrogen and oxygen atoms in total. The number of para-hydroxylation sites is 1. The molecule has 0 aliphatic carbocycles. The molecule has 0 saturated carbocycles. The van der Waals surface area contributed by atoms with Gasteiger partial charge in [-0.05, 0) is 18.6 Å². The molecule has 0 spiro atoms. The van der Waals surface area contributed by atoms with Gasteiger partial charge in [0.15, 0.2) is 0 Å². The van der Waals surface area contributed by atoms with Crippen LogP contribution >= 0.6 is 0 Å². The fourth-order valence-electron chi connectivity index (χ4n) is 1.15. The molecule has 16 heavy (non-hydrogen) atoms. The van der Waals surface area contributed by atoms with E-state index in [-0.39, 0.29) is 12.3 Å². The van der Waals surface area contributed by atoms with Crippen LogP contribution in [0.1, 0.15) is 12.5 Å². The number of hydrogen-bond donors (Lipinski definition) is 2. The Hall–Kier alpha value is -1.33. The van der Waals surface area contributed by atoms with Crippen molar-refractivity contribution in [3.8, 4) is 0 Å². The summed E-state index contributed by atoms with van der Waals surface area (Å²) in [4.78, 5) is 0. The van der Waals surface area contributed by atoms with Gasteiger partial charge in [-0.15, -0.1) is 0 Å². The van der Waals surface area contributed by atoms with Crippen LogP contribution in [0.2, 0.25) is 0 Å². The molecule has 1 aromatic rings. The molecule has 0 fully saturated rings. The zero-order valence-electron chi connectivity index (χ0n) is 9.23. The monoisotopic (exact) mass is 240 g/mol. The molecular formula is C11H16N2O2S. The Morgan fingerprint density at radius 1 is 1.44 bits per heavy atom. The smallest absolute Gasteiger partial charge is 0.216 e. The summed E-state index contributed by atoms with van der Waals surface area (Å²) in [5.74, 6) is -0.104. The van der Waals surface area contributed by atoms with Gasteiger partial charge in [-0.3, -0.25) is 0 Å². The van der Waals surface area contributed by atoms with Crippen molar-refractivity contribution in [2.75, 3.05) is 12.3 Å². The normalized spacial score (nSPS) is 11.3. The highest BCUT2D eigenvalue weighted by molar-refractivity contribution is 7.88. The maximum absolute atomic E-state index is 11.6. The topological polar surface area (TPSA) is 72.2 Å². The maximum atomic E-state index is 11.6. The zero-order chi connectivity index (χ0) is 12.2. The van der Waals surface area contributed by atoms with Gasteiger partial charge in [-0.1, -0.05) is 30.4 Å². The lowest BCUT2D eigenvalue weighted by molar-refractivity contribution is 0.584. The van der Waals surface area contributed by atoms with Crippen molar-refractivity contribution in [1.29, 1.82) is 0 Å². The van der Waals surface area contributed by atoms with Crippen LogP contribution in [0.15, 0.2) is 36.4 Å². The minimum atomic E-state index is -3.34. The van der Waals surface area contributed by atoms with Gasteiger partial charge in [0.05, 0.1) is 5.75 Å². The summed E-state index contributed by atoms with van der Waals surface area (Å²) in [5.41, 5.74) is 7.54. The number of rotatable bonds is 5. The zero-order valence-corrected chi connectivity index (χ0v) is 10.0. The number of anilines is 1. The predicted molar refractivity (Wildman–Crippen MR) is 66.3 cm³/mol. The van der Waals surface area contributed by atoms with Crippen LogP contribution in [0.4, 0.5) is 5.69 Å². The first-order chi connectivity index (χ1) is 7.41. The Morgan fingerprint density at radius 3 is 2.62 bits per heavy atom. The summed E-state index contributed by atoms with van der Waals surface area (Å²) in [6.45, 7) is 5.65. The van der Waals surface area contributed by atoms with Crippen molar-refractivity contribution in [2.24, 2.45) is 0 Å². The molecular weight excluding hydrogens is 224 g/mol.